The molecule has 0 bridgehead atoms. The fourth-order valence-electron chi connectivity index (χ4n) is 14.9. The molecule has 0 saturated heterocycles. The summed E-state index contributed by atoms with van der Waals surface area (Å²) in [5.74, 6) is -0.990. The molecular weight excluding hydrogens is 1550 g/mol. The number of aromatic nitrogens is 2. The van der Waals surface area contributed by atoms with Crippen LogP contribution in [0.1, 0.15) is 101 Å². The third kappa shape index (κ3) is 22.5. The maximum Gasteiger partial charge on any atom is 0.510 e. The number of rotatable bonds is 45. The molecule has 121 heavy (non-hydrogen) atoms. The fourth-order valence-corrected chi connectivity index (χ4v) is 14.9. The van der Waals surface area contributed by atoms with Gasteiger partial charge in [-0.2, -0.15) is 0 Å². The monoisotopic (exact) mass is 1650 g/mol. The predicted octanol–water partition coefficient (Wildman–Crippen LogP) is 10.2. The van der Waals surface area contributed by atoms with E-state index in [2.05, 4.69) is 56.9 Å². The van der Waals surface area contributed by atoms with Crippen molar-refractivity contribution < 1.29 is 95.1 Å². The van der Waals surface area contributed by atoms with E-state index in [1.165, 1.54) is 0 Å². The van der Waals surface area contributed by atoms with E-state index >= 15 is 0 Å². The second-order valence-corrected chi connectivity index (χ2v) is 29.0. The Balaban J connectivity index is 0.505. The normalized spacial score (nSPS) is 14.6. The maximum atomic E-state index is 14.3. The Labute approximate surface area is 700 Å². The molecule has 5 amide bonds. The number of para-hydroxylation sites is 1. The second-order valence-electron chi connectivity index (χ2n) is 29.0. The molecule has 29 heteroatoms. The minimum atomic E-state index is -2.03. The number of cyclic esters (lactones) is 1. The van der Waals surface area contributed by atoms with Crippen molar-refractivity contribution in [1.29, 1.82) is 0 Å². The van der Waals surface area contributed by atoms with Gasteiger partial charge in [0, 0.05) is 54.2 Å². The Bertz CT molecular complexity index is 5110. The molecule has 9 aromatic rings. The molecule has 0 spiro atoms. The smallest absolute Gasteiger partial charge is 0.497 e. The highest BCUT2D eigenvalue weighted by atomic mass is 16.7. The van der Waals surface area contributed by atoms with Gasteiger partial charge in [-0.1, -0.05) is 146 Å². The van der Waals surface area contributed by atoms with Gasteiger partial charge >= 0.3 is 12.1 Å². The van der Waals surface area contributed by atoms with Crippen LogP contribution in [0, 0.1) is 0 Å². The molecule has 0 fully saturated rings. The zero-order valence-electron chi connectivity index (χ0n) is 67.8. The van der Waals surface area contributed by atoms with Gasteiger partial charge in [0.05, 0.1) is 133 Å². The van der Waals surface area contributed by atoms with Gasteiger partial charge in [0.2, 0.25) is 41.9 Å². The molecule has 29 nitrogen and oxygen atoms in total. The first-order valence-corrected chi connectivity index (χ1v) is 40.7. The van der Waals surface area contributed by atoms with E-state index < -0.39 is 65.8 Å². The van der Waals surface area contributed by atoms with Crippen LogP contribution >= 0.6 is 0 Å². The van der Waals surface area contributed by atoms with E-state index in [4.69, 9.17) is 66.6 Å². The SMILES string of the molecule is CC[C@@]1(OC(=O)OCc2ccc(NC(=O)[C@H](CCCCNC(c3ccccc3)(c3ccccc3)c3ccc(OC)cc3)NC(=O)COCC(=O)NCCOCCOCCOCCOCCOCCOCCNC(=O)CCC(=O)N3Cc4ccccc4/C=C\c4ccccc43)cc2)C(=O)OCc2c1cc1n(c2=O)Cc2cc3cc4c(cc3nc2-1)OCO4. The Kier molecular flexibility index (Phi) is 30.9. The Hall–Kier alpha value is -12.2. The summed E-state index contributed by atoms with van der Waals surface area (Å²) in [6.45, 7) is 5.73. The number of ether oxygens (including phenoxy) is 13. The summed E-state index contributed by atoms with van der Waals surface area (Å²) in [6, 6.07) is 56.5. The van der Waals surface area contributed by atoms with Gasteiger partial charge in [-0.3, -0.25) is 34.1 Å². The van der Waals surface area contributed by atoms with Crippen LogP contribution in [0.3, 0.4) is 0 Å². The molecule has 4 aliphatic heterocycles. The summed E-state index contributed by atoms with van der Waals surface area (Å²) >= 11 is 0. The minimum Gasteiger partial charge on any atom is -0.497 e. The molecule has 13 rings (SSSR count). The molecule has 4 aliphatic rings. The van der Waals surface area contributed by atoms with Crippen molar-refractivity contribution >= 4 is 76.1 Å². The standard InChI is InChI=1S/C92H100N8O21/c1-3-91(75-54-79-86-68(57-100(79)88(106)74(75)59-117-89(91)107)52-67-53-80-81(120-62-119-80)55-77(67)98-86)121-90(108)118-58-63-25-31-72(32-26-63)96-87(105)76(23-14-15-37-95-92(69-19-6-4-7-20-69,70-21-8-5-9-22-70)71-29-33-73(109-2)34-30-71)97-84(103)61-116-60-83(102)94-39-41-111-43-45-113-47-49-115-51-50-114-48-46-112-44-42-110-40-38-93-82(101)35-36-85(104)99-56-66-18-11-10-16-64(66)27-28-65-17-12-13-24-78(65)99/h4-13,16-22,24-34,52-55,76,95H,3,14-15,23,35-51,56-62H2,1-2H3,(H,93,101)(H,94,102)(H,96,105)(H,97,103)/b28-27-/t76-,91-/m0/s1. The maximum absolute atomic E-state index is 14.3. The summed E-state index contributed by atoms with van der Waals surface area (Å²) < 4.78 is 74.4. The van der Waals surface area contributed by atoms with E-state index in [0.717, 1.165) is 50.0 Å². The van der Waals surface area contributed by atoms with Crippen LogP contribution in [-0.4, -0.2) is 183 Å². The first-order chi connectivity index (χ1) is 59.2. The van der Waals surface area contributed by atoms with E-state index in [-0.39, 0.29) is 94.9 Å². The summed E-state index contributed by atoms with van der Waals surface area (Å²) in [5.41, 5.74) is 7.16. The lowest BCUT2D eigenvalue weighted by Crippen LogP contribution is -2.47. The lowest BCUT2D eigenvalue weighted by molar-refractivity contribution is -0.175. The number of pyridine rings is 2. The van der Waals surface area contributed by atoms with Crippen LogP contribution in [0.15, 0.2) is 187 Å². The topological polar surface area (TPSA) is 338 Å². The molecule has 2 aromatic heterocycles. The van der Waals surface area contributed by atoms with E-state index in [0.29, 0.717) is 144 Å². The van der Waals surface area contributed by atoms with Crippen molar-refractivity contribution in [2.75, 3.05) is 136 Å². The quantitative estimate of drug-likeness (QED) is 0.0134. The van der Waals surface area contributed by atoms with Crippen LogP contribution in [0.25, 0.3) is 34.4 Å². The Morgan fingerprint density at radius 2 is 1.17 bits per heavy atom. The number of methoxy groups -OCH3 is 1. The molecule has 0 unspecified atom stereocenters. The first kappa shape index (κ1) is 86.7. The van der Waals surface area contributed by atoms with Crippen LogP contribution in [0.4, 0.5) is 16.2 Å². The number of amides is 5. The molecule has 7 aromatic carbocycles. The molecule has 0 aliphatic carbocycles. The minimum absolute atomic E-state index is 0.0658. The van der Waals surface area contributed by atoms with Crippen molar-refractivity contribution in [1.82, 2.24) is 30.8 Å². The lowest BCUT2D eigenvalue weighted by atomic mass is 9.77. The van der Waals surface area contributed by atoms with Gasteiger partial charge in [0.15, 0.2) is 11.5 Å². The number of carbonyl (C=O) groups excluding carboxylic acids is 7. The Morgan fingerprint density at radius 3 is 1.83 bits per heavy atom. The molecule has 0 saturated carbocycles. The average Bonchev–Trinajstić information content (AvgIpc) is 1.69. The summed E-state index contributed by atoms with van der Waals surface area (Å²) in [4.78, 5) is 115. The number of nitrogens with zero attached hydrogens (tertiary/aromatic N) is 3. The van der Waals surface area contributed by atoms with Crippen LogP contribution in [-0.2, 0) is 114 Å². The highest BCUT2D eigenvalue weighted by Crippen LogP contribution is 2.44. The third-order valence-electron chi connectivity index (χ3n) is 21.1. The number of unbranched alkanes of at least 4 members (excludes halogenated alkanes) is 1. The van der Waals surface area contributed by atoms with Gasteiger partial charge in [-0.25, -0.2) is 14.6 Å². The van der Waals surface area contributed by atoms with Crippen LogP contribution < -0.4 is 51.3 Å². The number of anilines is 2. The first-order valence-electron chi connectivity index (χ1n) is 40.7. The zero-order chi connectivity index (χ0) is 84.2. The van der Waals surface area contributed by atoms with Crippen molar-refractivity contribution in [2.24, 2.45) is 0 Å². The number of carbonyl (C=O) groups is 7. The van der Waals surface area contributed by atoms with Crippen molar-refractivity contribution in [3.8, 4) is 28.6 Å². The third-order valence-corrected chi connectivity index (χ3v) is 21.1. The van der Waals surface area contributed by atoms with Crippen molar-refractivity contribution in [2.45, 2.75) is 88.9 Å². The zero-order valence-corrected chi connectivity index (χ0v) is 67.8. The molecule has 5 N–H and O–H groups in total. The summed E-state index contributed by atoms with van der Waals surface area (Å²) in [6.07, 6.45) is 4.20. The number of esters is 1. The number of fused-ring (bicyclic) bond motifs is 8. The van der Waals surface area contributed by atoms with E-state index in [1.54, 1.807) is 59.9 Å². The number of nitrogens with one attached hydrogen (secondary N) is 5. The number of hydrogen-bond donors (Lipinski definition) is 5. The average molecular weight is 1650 g/mol. The molecule has 6 heterocycles. The highest BCUT2D eigenvalue weighted by Gasteiger charge is 2.51. The molecule has 634 valence electrons. The van der Waals surface area contributed by atoms with E-state index in [9.17, 15) is 38.4 Å². The second kappa shape index (κ2) is 43.2. The molecular formula is C92H100N8O21. The van der Waals surface area contributed by atoms with Gasteiger partial charge in [0.1, 0.15) is 38.2 Å². The van der Waals surface area contributed by atoms with Gasteiger partial charge in [-0.05, 0) is 120 Å². The largest absolute Gasteiger partial charge is 0.510 e. The van der Waals surface area contributed by atoms with E-state index in [1.807, 2.05) is 127 Å². The van der Waals surface area contributed by atoms with Gasteiger partial charge in [-0.15, -0.1) is 0 Å². The summed E-state index contributed by atoms with van der Waals surface area (Å²) in [5, 5.41) is 15.9. The van der Waals surface area contributed by atoms with Gasteiger partial charge in [0.25, 0.3) is 5.56 Å². The van der Waals surface area contributed by atoms with Crippen LogP contribution in [0.2, 0.25) is 0 Å². The number of benzene rings is 7. The summed E-state index contributed by atoms with van der Waals surface area (Å²) in [7, 11) is 1.63. The van der Waals surface area contributed by atoms with Crippen molar-refractivity contribution in [3.05, 3.63) is 248 Å². The fraction of sp³-hybridized carbons (Fsp3) is 0.359. The lowest BCUT2D eigenvalue weighted by Gasteiger charge is -2.37. The highest BCUT2D eigenvalue weighted by molar-refractivity contribution is 5.99. The molecule has 2 atom stereocenters. The number of hydrogen-bond acceptors (Lipinski definition) is 23. The van der Waals surface area contributed by atoms with Crippen molar-refractivity contribution in [3.63, 3.8) is 0 Å². The van der Waals surface area contributed by atoms with Gasteiger partial charge < -0.3 is 92.3 Å². The predicted molar refractivity (Wildman–Crippen MR) is 448 cm³/mol. The Morgan fingerprint density at radius 1 is 0.570 bits per heavy atom. The molecule has 0 radical (unpaired) electrons. The van der Waals surface area contributed by atoms with Crippen LogP contribution in [0.5, 0.6) is 17.2 Å².